The van der Waals surface area contributed by atoms with Crippen molar-refractivity contribution in [2.24, 2.45) is 0 Å². The summed E-state index contributed by atoms with van der Waals surface area (Å²) in [5.74, 6) is -1.33. The first-order chi connectivity index (χ1) is 9.82. The third-order valence-corrected chi connectivity index (χ3v) is 3.05. The second kappa shape index (κ2) is 11.0. The monoisotopic (exact) mass is 292 g/mol. The van der Waals surface area contributed by atoms with E-state index in [1.54, 1.807) is 0 Å². The van der Waals surface area contributed by atoms with Crippen molar-refractivity contribution in [2.75, 3.05) is 6.61 Å². The van der Waals surface area contributed by atoms with Gasteiger partial charge in [-0.1, -0.05) is 28.9 Å². The van der Waals surface area contributed by atoms with Crippen LogP contribution in [0.4, 0.5) is 0 Å². The Balaban J connectivity index is 3.96. The zero-order valence-corrected chi connectivity index (χ0v) is 13.7. The van der Waals surface area contributed by atoms with E-state index in [0.717, 1.165) is 25.7 Å². The lowest BCUT2D eigenvalue weighted by Gasteiger charge is -2.04. The molecule has 3 heteroatoms. The first-order valence-corrected chi connectivity index (χ1v) is 7.32. The number of hydrogen-bond acceptors (Lipinski definition) is 2. The second-order valence-corrected chi connectivity index (χ2v) is 5.50. The number of hydrogen-bond donors (Lipinski definition) is 1. The molecule has 0 saturated carbocycles. The van der Waals surface area contributed by atoms with Gasteiger partial charge in [-0.2, -0.15) is 0 Å². The number of carbonyl (C=O) groups is 1. The Morgan fingerprint density at radius 3 is 2.05 bits per heavy atom. The first kappa shape index (κ1) is 19.2. The maximum Gasteiger partial charge on any atom is 0.370 e. The highest BCUT2D eigenvalue weighted by molar-refractivity contribution is 5.83. The van der Waals surface area contributed by atoms with Crippen molar-refractivity contribution >= 4 is 5.97 Å². The van der Waals surface area contributed by atoms with Crippen LogP contribution >= 0.6 is 0 Å². The second-order valence-electron chi connectivity index (χ2n) is 5.50. The molecular weight excluding hydrogens is 264 g/mol. The molecule has 0 heterocycles. The number of ether oxygens (including phenoxy) is 1. The molecule has 3 nitrogen and oxygen atoms in total. The summed E-state index contributed by atoms with van der Waals surface area (Å²) < 4.78 is 4.98. The van der Waals surface area contributed by atoms with Gasteiger partial charge in [-0.15, -0.1) is 0 Å². The molecule has 0 aliphatic heterocycles. The largest absolute Gasteiger partial charge is 0.483 e. The molecular formula is C18H28O3. The van der Waals surface area contributed by atoms with Crippen LogP contribution in [0, 0.1) is 0 Å². The van der Waals surface area contributed by atoms with Gasteiger partial charge in [0, 0.05) is 0 Å². The highest BCUT2D eigenvalue weighted by Gasteiger charge is 2.02. The first-order valence-electron chi connectivity index (χ1n) is 7.32. The average Bonchev–Trinajstić information content (AvgIpc) is 2.37. The molecule has 0 fully saturated rings. The van der Waals surface area contributed by atoms with Crippen LogP contribution in [-0.4, -0.2) is 17.7 Å². The van der Waals surface area contributed by atoms with E-state index in [1.165, 1.54) is 16.7 Å². The Labute approximate surface area is 128 Å². The summed E-state index contributed by atoms with van der Waals surface area (Å²) in [6, 6.07) is 0. The van der Waals surface area contributed by atoms with Gasteiger partial charge in [0.05, 0.1) is 0 Å². The standard InChI is InChI=1S/C18H28O3/c1-14(2)8-6-9-15(3)10-7-11-16(4)12-13-21-17(5)18(19)20/h8,10,12H,5-7,9,11,13H2,1-4H3,(H,19,20)/b15-10+,16-12+. The van der Waals surface area contributed by atoms with E-state index in [4.69, 9.17) is 9.84 Å². The van der Waals surface area contributed by atoms with Crippen molar-refractivity contribution in [1.29, 1.82) is 0 Å². The molecule has 118 valence electrons. The van der Waals surface area contributed by atoms with Crippen LogP contribution < -0.4 is 0 Å². The van der Waals surface area contributed by atoms with Gasteiger partial charge in [-0.05, 0) is 66.0 Å². The number of carboxylic acids is 1. The van der Waals surface area contributed by atoms with Crippen molar-refractivity contribution in [3.63, 3.8) is 0 Å². The van der Waals surface area contributed by atoms with Gasteiger partial charge in [0.25, 0.3) is 0 Å². The molecule has 0 atom stereocenters. The maximum absolute atomic E-state index is 10.5. The predicted molar refractivity (Wildman–Crippen MR) is 88.1 cm³/mol. The molecule has 0 aromatic heterocycles. The Morgan fingerprint density at radius 2 is 1.52 bits per heavy atom. The molecule has 0 aliphatic rings. The fraction of sp³-hybridized carbons (Fsp3) is 0.500. The summed E-state index contributed by atoms with van der Waals surface area (Å²) in [7, 11) is 0. The van der Waals surface area contributed by atoms with E-state index in [9.17, 15) is 4.79 Å². The molecule has 0 spiro atoms. The lowest BCUT2D eigenvalue weighted by molar-refractivity contribution is -0.136. The Kier molecular flexibility index (Phi) is 10.0. The zero-order valence-electron chi connectivity index (χ0n) is 13.7. The molecule has 0 saturated heterocycles. The highest BCUT2D eigenvalue weighted by Crippen LogP contribution is 2.11. The molecule has 21 heavy (non-hydrogen) atoms. The minimum Gasteiger partial charge on any atom is -0.483 e. The third kappa shape index (κ3) is 11.7. The normalized spacial score (nSPS) is 12.0. The molecule has 1 N–H and O–H groups in total. The number of aliphatic carboxylic acids is 1. The molecule has 0 amide bonds. The Hall–Kier alpha value is -1.77. The lowest BCUT2D eigenvalue weighted by atomic mass is 10.1. The van der Waals surface area contributed by atoms with Crippen molar-refractivity contribution in [1.82, 2.24) is 0 Å². The molecule has 0 unspecified atom stereocenters. The molecule has 0 bridgehead atoms. The van der Waals surface area contributed by atoms with Crippen LogP contribution in [0.3, 0.4) is 0 Å². The molecule has 0 aliphatic carbocycles. The molecule has 0 rings (SSSR count). The van der Waals surface area contributed by atoms with Gasteiger partial charge in [-0.25, -0.2) is 4.79 Å². The Bertz CT molecular complexity index is 435. The van der Waals surface area contributed by atoms with Crippen LogP contribution in [0.1, 0.15) is 53.4 Å². The average molecular weight is 292 g/mol. The smallest absolute Gasteiger partial charge is 0.370 e. The topological polar surface area (TPSA) is 46.5 Å². The summed E-state index contributed by atoms with van der Waals surface area (Å²) in [5.41, 5.74) is 3.97. The number of carboxylic acid groups (broad SMARTS) is 1. The summed E-state index contributed by atoms with van der Waals surface area (Å²) in [6.07, 6.45) is 10.6. The van der Waals surface area contributed by atoms with Gasteiger partial charge in [0.1, 0.15) is 6.61 Å². The minimum atomic E-state index is -1.11. The van der Waals surface area contributed by atoms with Crippen LogP contribution in [0.25, 0.3) is 0 Å². The predicted octanol–water partition coefficient (Wildman–Crippen LogP) is 5.02. The minimum absolute atomic E-state index is 0.214. The van der Waals surface area contributed by atoms with E-state index >= 15 is 0 Å². The quantitative estimate of drug-likeness (QED) is 0.349. The number of rotatable bonds is 10. The van der Waals surface area contributed by atoms with E-state index in [1.807, 2.05) is 13.0 Å². The number of allylic oxidation sites excluding steroid dienone is 5. The lowest BCUT2D eigenvalue weighted by Crippen LogP contribution is -2.03. The van der Waals surface area contributed by atoms with Crippen LogP contribution in [-0.2, 0) is 9.53 Å². The molecule has 0 radical (unpaired) electrons. The van der Waals surface area contributed by atoms with Gasteiger partial charge in [0.2, 0.25) is 0 Å². The molecule has 0 aromatic rings. The van der Waals surface area contributed by atoms with E-state index in [2.05, 4.69) is 39.5 Å². The van der Waals surface area contributed by atoms with Crippen molar-refractivity contribution in [2.45, 2.75) is 53.4 Å². The van der Waals surface area contributed by atoms with Crippen molar-refractivity contribution in [3.8, 4) is 0 Å². The van der Waals surface area contributed by atoms with Gasteiger partial charge < -0.3 is 9.84 Å². The zero-order chi connectivity index (χ0) is 16.3. The summed E-state index contributed by atoms with van der Waals surface area (Å²) >= 11 is 0. The third-order valence-electron chi connectivity index (χ3n) is 3.05. The van der Waals surface area contributed by atoms with Crippen LogP contribution in [0.5, 0.6) is 0 Å². The van der Waals surface area contributed by atoms with Gasteiger partial charge >= 0.3 is 5.97 Å². The fourth-order valence-corrected chi connectivity index (χ4v) is 1.69. The summed E-state index contributed by atoms with van der Waals surface area (Å²) in [6.45, 7) is 12.0. The van der Waals surface area contributed by atoms with Crippen molar-refractivity contribution < 1.29 is 14.6 Å². The van der Waals surface area contributed by atoms with Crippen molar-refractivity contribution in [3.05, 3.63) is 47.3 Å². The van der Waals surface area contributed by atoms with Crippen LogP contribution in [0.15, 0.2) is 47.3 Å². The van der Waals surface area contributed by atoms with Gasteiger partial charge in [0.15, 0.2) is 5.76 Å². The molecule has 0 aromatic carbocycles. The van der Waals surface area contributed by atoms with Crippen LogP contribution in [0.2, 0.25) is 0 Å². The SMILES string of the molecule is C=C(OC/C=C(\C)CC/C=C(\C)CCC=C(C)C)C(=O)O. The van der Waals surface area contributed by atoms with Gasteiger partial charge in [-0.3, -0.25) is 0 Å². The van der Waals surface area contributed by atoms with E-state index < -0.39 is 5.97 Å². The van der Waals surface area contributed by atoms with E-state index in [0.29, 0.717) is 0 Å². The highest BCUT2D eigenvalue weighted by atomic mass is 16.5. The maximum atomic E-state index is 10.5. The Morgan fingerprint density at radius 1 is 1.00 bits per heavy atom. The fourth-order valence-electron chi connectivity index (χ4n) is 1.69. The summed E-state index contributed by atoms with van der Waals surface area (Å²) in [5, 5.41) is 8.60. The summed E-state index contributed by atoms with van der Waals surface area (Å²) in [4.78, 5) is 10.5. The van der Waals surface area contributed by atoms with E-state index in [-0.39, 0.29) is 12.4 Å².